The quantitative estimate of drug-likeness (QED) is 0.873. The summed E-state index contributed by atoms with van der Waals surface area (Å²) in [6.07, 6.45) is 4.49. The summed E-state index contributed by atoms with van der Waals surface area (Å²) < 4.78 is 0. The van der Waals surface area contributed by atoms with Gasteiger partial charge in [-0.25, -0.2) is 0 Å². The second-order valence-corrected chi connectivity index (χ2v) is 6.32. The molecular weight excluding hydrogens is 322 g/mol. The lowest BCUT2D eigenvalue weighted by molar-refractivity contribution is -0.145. The van der Waals surface area contributed by atoms with Gasteiger partial charge in [0.1, 0.15) is 12.2 Å². The summed E-state index contributed by atoms with van der Waals surface area (Å²) in [4.78, 5) is 42.8. The smallest absolute Gasteiger partial charge is 0.323 e. The van der Waals surface area contributed by atoms with Crippen molar-refractivity contribution in [1.82, 2.24) is 14.8 Å². The molecule has 1 saturated heterocycles. The first-order valence-electron chi connectivity index (χ1n) is 8.65. The molecule has 1 aliphatic heterocycles. The Hall–Kier alpha value is -2.44. The molecule has 25 heavy (non-hydrogen) atoms. The molecule has 0 aromatic carbocycles. The van der Waals surface area contributed by atoms with Crippen LogP contribution in [-0.2, 0) is 16.0 Å². The van der Waals surface area contributed by atoms with Crippen molar-refractivity contribution in [2.75, 3.05) is 19.6 Å². The van der Waals surface area contributed by atoms with E-state index in [0.29, 0.717) is 31.6 Å². The zero-order chi connectivity index (χ0) is 18.4. The third kappa shape index (κ3) is 5.01. The highest BCUT2D eigenvalue weighted by molar-refractivity contribution is 5.92. The number of carbonyl (C=O) groups excluding carboxylic acids is 2. The van der Waals surface area contributed by atoms with Gasteiger partial charge in [0.15, 0.2) is 0 Å². The average molecular weight is 347 g/mol. The Morgan fingerprint density at radius 1 is 1.32 bits per heavy atom. The Kier molecular flexibility index (Phi) is 6.50. The van der Waals surface area contributed by atoms with E-state index in [1.54, 1.807) is 11.1 Å². The predicted octanol–water partition coefficient (Wildman–Crippen LogP) is 1.57. The molecule has 1 fully saturated rings. The largest absolute Gasteiger partial charge is 0.480 e. The van der Waals surface area contributed by atoms with E-state index in [1.807, 2.05) is 19.1 Å². The molecule has 2 heterocycles. The van der Waals surface area contributed by atoms with Gasteiger partial charge in [0.25, 0.3) is 5.91 Å². The van der Waals surface area contributed by atoms with Crippen molar-refractivity contribution in [3.05, 3.63) is 29.6 Å². The summed E-state index contributed by atoms with van der Waals surface area (Å²) in [5.74, 6) is -1.37. The molecular formula is C18H25N3O4. The lowest BCUT2D eigenvalue weighted by atomic mass is 10.1. The van der Waals surface area contributed by atoms with E-state index >= 15 is 0 Å². The molecule has 1 N–H and O–H groups in total. The van der Waals surface area contributed by atoms with Gasteiger partial charge in [-0.1, -0.05) is 6.92 Å². The molecule has 2 amide bonds. The van der Waals surface area contributed by atoms with Crippen LogP contribution in [0.3, 0.4) is 0 Å². The normalized spacial score (nSPS) is 17.7. The Morgan fingerprint density at radius 2 is 2.08 bits per heavy atom. The number of carbonyl (C=O) groups is 3. The van der Waals surface area contributed by atoms with Crippen molar-refractivity contribution >= 4 is 17.8 Å². The lowest BCUT2D eigenvalue weighted by Gasteiger charge is -2.28. The highest BCUT2D eigenvalue weighted by Gasteiger charge is 2.28. The monoisotopic (exact) mass is 347 g/mol. The third-order valence-corrected chi connectivity index (χ3v) is 4.59. The fourth-order valence-corrected chi connectivity index (χ4v) is 3.21. The van der Waals surface area contributed by atoms with E-state index in [4.69, 9.17) is 5.11 Å². The minimum absolute atomic E-state index is 0.108. The van der Waals surface area contributed by atoms with Crippen LogP contribution in [-0.4, -0.2) is 63.4 Å². The van der Waals surface area contributed by atoms with Crippen LogP contribution in [0.25, 0.3) is 0 Å². The summed E-state index contributed by atoms with van der Waals surface area (Å²) in [6, 6.07) is 3.56. The molecule has 0 aliphatic carbocycles. The SMILES string of the molecule is CCc1ccnc(C(=O)N2CCCC(N(CC(=O)O)C(C)=O)CC2)c1. The number of likely N-dealkylation sites (tertiary alicyclic amines) is 1. The summed E-state index contributed by atoms with van der Waals surface area (Å²) in [7, 11) is 0. The fourth-order valence-electron chi connectivity index (χ4n) is 3.21. The maximum absolute atomic E-state index is 12.7. The molecule has 0 radical (unpaired) electrons. The molecule has 7 heteroatoms. The van der Waals surface area contributed by atoms with Crippen molar-refractivity contribution in [1.29, 1.82) is 0 Å². The summed E-state index contributed by atoms with van der Waals surface area (Å²) >= 11 is 0. The molecule has 1 aliphatic rings. The topological polar surface area (TPSA) is 90.8 Å². The molecule has 0 spiro atoms. The van der Waals surface area contributed by atoms with Crippen LogP contribution >= 0.6 is 0 Å². The predicted molar refractivity (Wildman–Crippen MR) is 92.2 cm³/mol. The van der Waals surface area contributed by atoms with Crippen molar-refractivity contribution in [2.24, 2.45) is 0 Å². The number of carboxylic acids is 1. The number of aromatic nitrogens is 1. The van der Waals surface area contributed by atoms with Gasteiger partial charge in [-0.2, -0.15) is 0 Å². The first kappa shape index (κ1) is 18.9. The van der Waals surface area contributed by atoms with E-state index < -0.39 is 5.97 Å². The average Bonchev–Trinajstić information content (AvgIpc) is 2.84. The highest BCUT2D eigenvalue weighted by Crippen LogP contribution is 2.19. The van der Waals surface area contributed by atoms with Gasteiger partial charge in [-0.05, 0) is 43.4 Å². The van der Waals surface area contributed by atoms with Crippen LogP contribution in [0, 0.1) is 0 Å². The van der Waals surface area contributed by atoms with Crippen LogP contribution in [0.5, 0.6) is 0 Å². The van der Waals surface area contributed by atoms with Gasteiger partial charge in [0.05, 0.1) is 0 Å². The van der Waals surface area contributed by atoms with Crippen molar-refractivity contribution in [3.63, 3.8) is 0 Å². The Morgan fingerprint density at radius 3 is 2.72 bits per heavy atom. The molecule has 1 aromatic rings. The number of hydrogen-bond acceptors (Lipinski definition) is 4. The molecule has 2 rings (SSSR count). The number of carboxylic acid groups (broad SMARTS) is 1. The molecule has 7 nitrogen and oxygen atoms in total. The molecule has 0 saturated carbocycles. The van der Waals surface area contributed by atoms with Crippen LogP contribution in [0.2, 0.25) is 0 Å². The van der Waals surface area contributed by atoms with Crippen molar-refractivity contribution in [2.45, 2.75) is 45.6 Å². The first-order chi connectivity index (χ1) is 11.9. The first-order valence-corrected chi connectivity index (χ1v) is 8.65. The zero-order valence-electron chi connectivity index (χ0n) is 14.8. The van der Waals surface area contributed by atoms with Crippen LogP contribution < -0.4 is 0 Å². The van der Waals surface area contributed by atoms with Crippen LogP contribution in [0.15, 0.2) is 18.3 Å². The lowest BCUT2D eigenvalue weighted by Crippen LogP contribution is -2.43. The van der Waals surface area contributed by atoms with Crippen LogP contribution in [0.4, 0.5) is 0 Å². The van der Waals surface area contributed by atoms with Gasteiger partial charge in [-0.15, -0.1) is 0 Å². The summed E-state index contributed by atoms with van der Waals surface area (Å²) in [5, 5.41) is 9.01. The summed E-state index contributed by atoms with van der Waals surface area (Å²) in [6.45, 7) is 4.20. The van der Waals surface area contributed by atoms with E-state index in [-0.39, 0.29) is 24.4 Å². The molecule has 1 atom stereocenters. The fraction of sp³-hybridized carbons (Fsp3) is 0.556. The van der Waals surface area contributed by atoms with Gasteiger partial charge in [0, 0.05) is 32.3 Å². The standard InChI is InChI=1S/C18H25N3O4/c1-3-14-6-8-19-16(11-14)18(25)20-9-4-5-15(7-10-20)21(13(2)22)12-17(23)24/h6,8,11,15H,3-5,7,9-10,12H2,1-2H3,(H,23,24). The van der Waals surface area contributed by atoms with Gasteiger partial charge in [-0.3, -0.25) is 19.4 Å². The second kappa shape index (κ2) is 8.60. The number of nitrogens with zero attached hydrogens (tertiary/aromatic N) is 3. The zero-order valence-corrected chi connectivity index (χ0v) is 14.8. The molecule has 0 bridgehead atoms. The van der Waals surface area contributed by atoms with Crippen molar-refractivity contribution in [3.8, 4) is 0 Å². The van der Waals surface area contributed by atoms with Gasteiger partial charge >= 0.3 is 5.97 Å². The Labute approximate surface area is 147 Å². The van der Waals surface area contributed by atoms with Gasteiger partial charge in [0.2, 0.25) is 5.91 Å². The number of pyridine rings is 1. The Bertz CT molecular complexity index is 647. The number of amides is 2. The van der Waals surface area contributed by atoms with E-state index in [9.17, 15) is 14.4 Å². The number of hydrogen-bond donors (Lipinski definition) is 1. The van der Waals surface area contributed by atoms with Crippen LogP contribution in [0.1, 0.15) is 49.2 Å². The number of aryl methyl sites for hydroxylation is 1. The second-order valence-electron chi connectivity index (χ2n) is 6.32. The molecule has 1 aromatic heterocycles. The highest BCUT2D eigenvalue weighted by atomic mass is 16.4. The van der Waals surface area contributed by atoms with E-state index in [2.05, 4.69) is 4.98 Å². The summed E-state index contributed by atoms with van der Waals surface area (Å²) in [5.41, 5.74) is 1.50. The molecule has 1 unspecified atom stereocenters. The Balaban J connectivity index is 2.06. The maximum atomic E-state index is 12.7. The molecule has 136 valence electrons. The minimum Gasteiger partial charge on any atom is -0.480 e. The minimum atomic E-state index is -1.02. The maximum Gasteiger partial charge on any atom is 0.323 e. The van der Waals surface area contributed by atoms with Crippen molar-refractivity contribution < 1.29 is 19.5 Å². The third-order valence-electron chi connectivity index (χ3n) is 4.59. The number of rotatable bonds is 5. The van der Waals surface area contributed by atoms with E-state index in [1.165, 1.54) is 11.8 Å². The van der Waals surface area contributed by atoms with Gasteiger partial charge < -0.3 is 14.9 Å². The number of aliphatic carboxylic acids is 1. The van der Waals surface area contributed by atoms with E-state index in [0.717, 1.165) is 18.4 Å².